The molecule has 38 heavy (non-hydrogen) atoms. The predicted octanol–water partition coefficient (Wildman–Crippen LogP) is 7.75. The number of benzene rings is 2. The van der Waals surface area contributed by atoms with Crippen LogP contribution in [-0.2, 0) is 21.5 Å². The summed E-state index contributed by atoms with van der Waals surface area (Å²) >= 11 is 0. The third-order valence-corrected chi connectivity index (χ3v) is 6.59. The van der Waals surface area contributed by atoms with Crippen molar-refractivity contribution in [2.45, 2.75) is 79.1 Å². The number of aryl methyl sites for hydroxylation is 2. The summed E-state index contributed by atoms with van der Waals surface area (Å²) in [6.45, 7) is 16.4. The lowest BCUT2D eigenvalue weighted by Gasteiger charge is -2.28. The zero-order chi connectivity index (χ0) is 28.0. The first-order valence-electron chi connectivity index (χ1n) is 12.9. The molecule has 0 bridgehead atoms. The summed E-state index contributed by atoms with van der Waals surface area (Å²) in [5, 5.41) is 11.2. The number of aromatic nitrogens is 2. The molecule has 4 aromatic rings. The molecule has 0 aliphatic carbocycles. The second kappa shape index (κ2) is 9.99. The van der Waals surface area contributed by atoms with Crippen LogP contribution < -0.4 is 0 Å². The monoisotopic (exact) mass is 516 g/mol. The summed E-state index contributed by atoms with van der Waals surface area (Å²) in [7, 11) is 0. The van der Waals surface area contributed by atoms with E-state index >= 15 is 0 Å². The molecule has 2 heterocycles. The molecule has 4 rings (SSSR count). The summed E-state index contributed by atoms with van der Waals surface area (Å²) in [5.41, 5.74) is 5.85. The van der Waals surface area contributed by atoms with Gasteiger partial charge in [0.15, 0.2) is 6.10 Å². The topological polar surface area (TPSA) is 64.3 Å². The fraction of sp³-hybridized carbons (Fsp3) is 0.375. The quantitative estimate of drug-likeness (QED) is 0.285. The maximum atomic E-state index is 13.6. The molecule has 6 heteroatoms. The molecular formula is C32H37FN2O3. The van der Waals surface area contributed by atoms with E-state index < -0.39 is 17.7 Å². The average Bonchev–Trinajstić information content (AvgIpc) is 3.16. The van der Waals surface area contributed by atoms with Gasteiger partial charge in [0.05, 0.1) is 5.60 Å². The van der Waals surface area contributed by atoms with Gasteiger partial charge in [0, 0.05) is 39.9 Å². The number of hydrogen-bond donors (Lipinski definition) is 1. The predicted molar refractivity (Wildman–Crippen MR) is 150 cm³/mol. The first-order valence-corrected chi connectivity index (χ1v) is 12.9. The van der Waals surface area contributed by atoms with Crippen molar-refractivity contribution in [2.75, 3.05) is 0 Å². The van der Waals surface area contributed by atoms with Gasteiger partial charge in [-0.2, -0.15) is 0 Å². The zero-order valence-corrected chi connectivity index (χ0v) is 23.5. The van der Waals surface area contributed by atoms with Crippen molar-refractivity contribution in [1.82, 2.24) is 9.55 Å². The molecule has 0 aliphatic rings. The largest absolute Gasteiger partial charge is 0.479 e. The zero-order valence-electron chi connectivity index (χ0n) is 23.5. The first-order chi connectivity index (χ1) is 17.7. The van der Waals surface area contributed by atoms with Gasteiger partial charge in [-0.05, 0) is 63.9 Å². The minimum absolute atomic E-state index is 0.229. The Bertz CT molecular complexity index is 1470. The average molecular weight is 517 g/mol. The van der Waals surface area contributed by atoms with Gasteiger partial charge >= 0.3 is 5.97 Å². The van der Waals surface area contributed by atoms with E-state index in [2.05, 4.69) is 31.4 Å². The van der Waals surface area contributed by atoms with Crippen molar-refractivity contribution in [3.05, 3.63) is 88.5 Å². The number of rotatable bonds is 6. The smallest absolute Gasteiger partial charge is 0.337 e. The highest BCUT2D eigenvalue weighted by molar-refractivity contribution is 5.98. The van der Waals surface area contributed by atoms with Gasteiger partial charge in [0.2, 0.25) is 0 Å². The molecule has 5 nitrogen and oxygen atoms in total. The summed E-state index contributed by atoms with van der Waals surface area (Å²) in [6, 6.07) is 16.7. The number of carboxylic acid groups (broad SMARTS) is 1. The highest BCUT2D eigenvalue weighted by Gasteiger charge is 2.34. The van der Waals surface area contributed by atoms with Crippen LogP contribution in [0, 0.1) is 19.7 Å². The van der Waals surface area contributed by atoms with E-state index in [9.17, 15) is 14.3 Å². The van der Waals surface area contributed by atoms with Crippen molar-refractivity contribution in [2.24, 2.45) is 0 Å². The second-order valence-corrected chi connectivity index (χ2v) is 12.0. The highest BCUT2D eigenvalue weighted by atomic mass is 19.1. The summed E-state index contributed by atoms with van der Waals surface area (Å²) in [5.74, 6) is -1.33. The number of fused-ring (bicyclic) bond motifs is 1. The van der Waals surface area contributed by atoms with E-state index in [1.54, 1.807) is 12.1 Å². The maximum absolute atomic E-state index is 13.6. The Hall–Kier alpha value is -3.51. The van der Waals surface area contributed by atoms with E-state index in [4.69, 9.17) is 9.72 Å². The summed E-state index contributed by atoms with van der Waals surface area (Å²) in [6.07, 6.45) is -1.19. The number of pyridine rings is 1. The molecule has 0 amide bonds. The van der Waals surface area contributed by atoms with E-state index in [0.717, 1.165) is 39.0 Å². The Morgan fingerprint density at radius 3 is 2.13 bits per heavy atom. The van der Waals surface area contributed by atoms with Crippen LogP contribution >= 0.6 is 0 Å². The van der Waals surface area contributed by atoms with Crippen LogP contribution in [0.4, 0.5) is 4.39 Å². The van der Waals surface area contributed by atoms with Crippen molar-refractivity contribution in [3.8, 4) is 11.1 Å². The Balaban J connectivity index is 2.09. The minimum Gasteiger partial charge on any atom is -0.479 e. The van der Waals surface area contributed by atoms with E-state index in [-0.39, 0.29) is 11.2 Å². The molecule has 0 spiro atoms. The first kappa shape index (κ1) is 27.5. The lowest BCUT2D eigenvalue weighted by molar-refractivity contribution is -0.160. The van der Waals surface area contributed by atoms with Crippen LogP contribution in [0.1, 0.15) is 75.7 Å². The third kappa shape index (κ3) is 5.65. The molecule has 0 saturated heterocycles. The van der Waals surface area contributed by atoms with Gasteiger partial charge in [0.1, 0.15) is 11.5 Å². The Morgan fingerprint density at radius 2 is 1.61 bits per heavy atom. The van der Waals surface area contributed by atoms with Gasteiger partial charge in [-0.3, -0.25) is 0 Å². The number of hydrogen-bond acceptors (Lipinski definition) is 3. The SMILES string of the molecule is Cc1ccc(-c2c(C(OC(C)(C)C)C(=O)O)c(C)nc3c2cc(C(C)(C)C)n3Cc2ccc(F)cc2)cc1. The summed E-state index contributed by atoms with van der Waals surface area (Å²) < 4.78 is 21.9. The van der Waals surface area contributed by atoms with E-state index in [1.165, 1.54) is 12.1 Å². The van der Waals surface area contributed by atoms with Crippen LogP contribution in [0.25, 0.3) is 22.2 Å². The molecule has 0 radical (unpaired) electrons. The molecule has 1 atom stereocenters. The molecule has 1 N–H and O–H groups in total. The Labute approximate surface area is 224 Å². The van der Waals surface area contributed by atoms with Crippen LogP contribution in [0.2, 0.25) is 0 Å². The lowest BCUT2D eigenvalue weighted by atomic mass is 9.89. The van der Waals surface area contributed by atoms with Crippen LogP contribution in [-0.4, -0.2) is 26.2 Å². The number of halogens is 1. The Kier molecular flexibility index (Phi) is 7.23. The number of ether oxygens (including phenoxy) is 1. The van der Waals surface area contributed by atoms with Crippen LogP contribution in [0.3, 0.4) is 0 Å². The molecule has 1 unspecified atom stereocenters. The van der Waals surface area contributed by atoms with Gasteiger partial charge in [-0.1, -0.05) is 62.7 Å². The van der Waals surface area contributed by atoms with Gasteiger partial charge in [-0.25, -0.2) is 14.2 Å². The molecule has 0 aliphatic heterocycles. The summed E-state index contributed by atoms with van der Waals surface area (Å²) in [4.78, 5) is 17.6. The fourth-order valence-corrected chi connectivity index (χ4v) is 4.88. The lowest BCUT2D eigenvalue weighted by Crippen LogP contribution is -2.28. The number of carbonyl (C=O) groups is 1. The molecule has 2 aromatic heterocycles. The van der Waals surface area contributed by atoms with Gasteiger partial charge in [-0.15, -0.1) is 0 Å². The molecule has 0 fully saturated rings. The van der Waals surface area contributed by atoms with Crippen molar-refractivity contribution in [1.29, 1.82) is 0 Å². The van der Waals surface area contributed by atoms with Crippen molar-refractivity contribution in [3.63, 3.8) is 0 Å². The Morgan fingerprint density at radius 1 is 1.00 bits per heavy atom. The third-order valence-electron chi connectivity index (χ3n) is 6.59. The maximum Gasteiger partial charge on any atom is 0.337 e. The molecule has 200 valence electrons. The molecular weight excluding hydrogens is 479 g/mol. The van der Waals surface area contributed by atoms with Gasteiger partial charge in [0.25, 0.3) is 0 Å². The second-order valence-electron chi connectivity index (χ2n) is 12.0. The molecule has 2 aromatic carbocycles. The van der Waals surface area contributed by atoms with Crippen molar-refractivity contribution < 1.29 is 19.0 Å². The van der Waals surface area contributed by atoms with Crippen LogP contribution in [0.15, 0.2) is 54.6 Å². The van der Waals surface area contributed by atoms with E-state index in [0.29, 0.717) is 17.8 Å². The number of carboxylic acids is 1. The van der Waals surface area contributed by atoms with Crippen LogP contribution in [0.5, 0.6) is 0 Å². The number of aliphatic carboxylic acids is 1. The molecule has 0 saturated carbocycles. The standard InChI is InChI=1S/C32H37FN2O3/c1-19-9-13-22(14-10-19)27-24-17-25(31(3,4)5)35(18-21-11-15-23(33)16-12-21)29(24)34-20(2)26(27)28(30(36)37)38-32(6,7)8/h9-17,28H,18H2,1-8H3,(H,36,37). The normalized spacial score (nSPS) is 13.2. The fourth-order valence-electron chi connectivity index (χ4n) is 4.88. The van der Waals surface area contributed by atoms with Gasteiger partial charge < -0.3 is 14.4 Å². The van der Waals surface area contributed by atoms with Crippen molar-refractivity contribution >= 4 is 17.0 Å². The van der Waals surface area contributed by atoms with E-state index in [1.807, 2.05) is 58.9 Å². The highest BCUT2D eigenvalue weighted by Crippen LogP contribution is 2.42. The number of nitrogens with zero attached hydrogens (tertiary/aromatic N) is 2. The minimum atomic E-state index is -1.19.